The third kappa shape index (κ3) is 168. The average molecular weight is 65.1 g/mol. The van der Waals surface area contributed by atoms with Crippen LogP contribution in [0.4, 0.5) is 0 Å². The molecule has 0 amide bonds. The highest BCUT2D eigenvalue weighted by Gasteiger charge is 1.53. The lowest BCUT2D eigenvalue weighted by Gasteiger charge is -1.63. The van der Waals surface area contributed by atoms with E-state index in [0.29, 0.717) is 5.57 Å². The van der Waals surface area contributed by atoms with E-state index in [4.69, 9.17) is 6.92 Å². The van der Waals surface area contributed by atoms with Gasteiger partial charge in [0.15, 0.2) is 0 Å². The Morgan fingerprint density at radius 2 is 1.80 bits per heavy atom. The first-order valence-electron chi connectivity index (χ1n) is 1.10. The number of hydrogen-bond acceptors (Lipinski definition) is 0. The van der Waals surface area contributed by atoms with Gasteiger partial charge in [-0.15, -0.1) is 0 Å². The van der Waals surface area contributed by atoms with Crippen LogP contribution in [0.3, 0.4) is 0 Å². The van der Waals surface area contributed by atoms with Crippen LogP contribution in [0.15, 0.2) is 12.2 Å². The van der Waals surface area contributed by atoms with Gasteiger partial charge in [-0.1, -0.05) is 12.2 Å². The summed E-state index contributed by atoms with van der Waals surface area (Å²) in [5, 5.41) is 0. The molecular weight excluding hydrogens is 60.1 g/mol. The van der Waals surface area contributed by atoms with Gasteiger partial charge in [-0.2, -0.15) is 0 Å². The second-order valence-electron chi connectivity index (χ2n) is 0.780. The molecule has 0 aromatic heterocycles. The zero-order valence-corrected chi connectivity index (χ0v) is 3.21. The Kier molecular flexibility index (Phi) is 6.61. The first kappa shape index (κ1) is 8.83. The summed E-state index contributed by atoms with van der Waals surface area (Å²) in [5.41, 5.74) is 0.417. The fourth-order valence-electron chi connectivity index (χ4n) is 0. The molecule has 0 aliphatic rings. The molecule has 0 aromatic carbocycles. The number of hydrogen-bond donors (Lipinski definition) is 0. The minimum atomic E-state index is 0. The van der Waals surface area contributed by atoms with Gasteiger partial charge in [-0.3, -0.25) is 0 Å². The van der Waals surface area contributed by atoms with Crippen molar-refractivity contribution in [2.75, 3.05) is 0 Å². The predicted octanol–water partition coefficient (Wildman–Crippen LogP) is 1.23. The molecule has 0 rings (SSSR count). The van der Waals surface area contributed by atoms with Crippen molar-refractivity contribution in [1.29, 1.82) is 0 Å². The summed E-state index contributed by atoms with van der Waals surface area (Å²) >= 11 is 0. The van der Waals surface area contributed by atoms with Gasteiger partial charge in [0.1, 0.15) is 0 Å². The summed E-state index contributed by atoms with van der Waals surface area (Å²) in [4.78, 5) is 0. The second-order valence-corrected chi connectivity index (χ2v) is 0.780. The van der Waals surface area contributed by atoms with Crippen molar-refractivity contribution < 1.29 is 0 Å². The quantitative estimate of drug-likeness (QED) is 0.398. The lowest BCUT2D eigenvalue weighted by molar-refractivity contribution is 1.58. The molecule has 0 aliphatic heterocycles. The van der Waals surface area contributed by atoms with Gasteiger partial charge < -0.3 is 0 Å². The van der Waals surface area contributed by atoms with E-state index in [1.165, 1.54) is 0 Å². The van der Waals surface area contributed by atoms with Crippen LogP contribution in [0.1, 0.15) is 6.92 Å². The molecule has 0 saturated carbocycles. The molecule has 0 N–H and O–H groups in total. The van der Waals surface area contributed by atoms with Crippen molar-refractivity contribution in [2.24, 2.45) is 0 Å². The monoisotopic (exact) mass is 65.0 g/mol. The van der Waals surface area contributed by atoms with Gasteiger partial charge in [-0.05, 0) is 6.92 Å². The van der Waals surface area contributed by atoms with E-state index in [1.54, 1.807) is 6.92 Å². The molecule has 0 heterocycles. The molecule has 0 bridgehead atoms. The molecular formula is C5H5. The van der Waals surface area contributed by atoms with E-state index >= 15 is 0 Å². The second kappa shape index (κ2) is 3.74. The van der Waals surface area contributed by atoms with Crippen LogP contribution in [0.5, 0.6) is 0 Å². The molecule has 0 unspecified atom stereocenters. The highest BCUT2D eigenvalue weighted by molar-refractivity contribution is 4.90. The van der Waals surface area contributed by atoms with Gasteiger partial charge in [0, 0.05) is 14.4 Å². The molecule has 7 radical (unpaired) electrons. The molecule has 0 saturated heterocycles. The Morgan fingerprint density at radius 1 is 1.80 bits per heavy atom. The summed E-state index contributed by atoms with van der Waals surface area (Å²) in [6.07, 6.45) is 0. The lowest BCUT2D eigenvalue weighted by atomic mass is 10.4. The van der Waals surface area contributed by atoms with Crippen molar-refractivity contribution in [3.63, 3.8) is 0 Å². The highest BCUT2D eigenvalue weighted by atomic mass is 13.6. The minimum Gasteiger partial charge on any atom is -0.0995 e. The number of rotatable bonds is 0. The van der Waals surface area contributed by atoms with Crippen molar-refractivity contribution in [1.82, 2.24) is 0 Å². The molecule has 0 nitrogen and oxygen atoms in total. The van der Waals surface area contributed by atoms with Crippen LogP contribution >= 0.6 is 0 Å². The molecule has 5 heavy (non-hydrogen) atoms. The Labute approximate surface area is 34.5 Å². The minimum absolute atomic E-state index is 0. The lowest BCUT2D eigenvalue weighted by Crippen LogP contribution is -1.44. The predicted molar refractivity (Wildman–Crippen MR) is 21.3 cm³/mol. The molecule has 25 valence electrons. The van der Waals surface area contributed by atoms with Gasteiger partial charge in [0.05, 0.1) is 0 Å². The van der Waals surface area contributed by atoms with E-state index < -0.39 is 0 Å². The zero-order chi connectivity index (χ0) is 3.58. The first-order valence-corrected chi connectivity index (χ1v) is 1.10. The molecule has 0 aromatic rings. The van der Waals surface area contributed by atoms with Crippen LogP contribution in [0.2, 0.25) is 0 Å². The SMILES string of the molecule is [C].[C]C(=C)C. The van der Waals surface area contributed by atoms with E-state index in [2.05, 4.69) is 6.58 Å². The fraction of sp³-hybridized carbons (Fsp3) is 0.200. The third-order valence-electron chi connectivity index (χ3n) is 0. The van der Waals surface area contributed by atoms with Crippen molar-refractivity contribution in [2.45, 2.75) is 6.92 Å². The third-order valence-corrected chi connectivity index (χ3v) is 0. The largest absolute Gasteiger partial charge is 0.0995 e. The van der Waals surface area contributed by atoms with Gasteiger partial charge in [-0.25, -0.2) is 0 Å². The van der Waals surface area contributed by atoms with Crippen LogP contribution in [-0.4, -0.2) is 0 Å². The first-order chi connectivity index (χ1) is 1.73. The molecule has 0 atom stereocenters. The summed E-state index contributed by atoms with van der Waals surface area (Å²) in [6.45, 7) is 11.2. The van der Waals surface area contributed by atoms with Crippen LogP contribution < -0.4 is 0 Å². The average Bonchev–Trinajstić information content (AvgIpc) is 0.811. The smallest absolute Gasteiger partial charge is 0.0241 e. The van der Waals surface area contributed by atoms with Crippen LogP contribution in [0, 0.1) is 14.4 Å². The standard InChI is InChI=1S/C4H5.C/c1-4(2)3;/h1H2,2H3;. The maximum Gasteiger partial charge on any atom is 0.0241 e. The van der Waals surface area contributed by atoms with Crippen molar-refractivity contribution in [3.8, 4) is 0 Å². The van der Waals surface area contributed by atoms with Crippen molar-refractivity contribution in [3.05, 3.63) is 26.5 Å². The van der Waals surface area contributed by atoms with E-state index in [-0.39, 0.29) is 7.43 Å². The van der Waals surface area contributed by atoms with Gasteiger partial charge in [0.2, 0.25) is 0 Å². The fourth-order valence-corrected chi connectivity index (χ4v) is 0. The van der Waals surface area contributed by atoms with Gasteiger partial charge in [0.25, 0.3) is 0 Å². The molecule has 0 heteroatoms. The summed E-state index contributed by atoms with van der Waals surface area (Å²) in [7, 11) is 0. The Balaban J connectivity index is 0. The molecule has 0 fully saturated rings. The highest BCUT2D eigenvalue weighted by Crippen LogP contribution is 1.72. The Bertz CT molecular complexity index is 23.0. The summed E-state index contributed by atoms with van der Waals surface area (Å²) in [6, 6.07) is 0. The van der Waals surface area contributed by atoms with E-state index in [9.17, 15) is 0 Å². The van der Waals surface area contributed by atoms with Crippen LogP contribution in [0.25, 0.3) is 0 Å². The maximum absolute atomic E-state index is 6.39. The van der Waals surface area contributed by atoms with E-state index in [1.807, 2.05) is 0 Å². The van der Waals surface area contributed by atoms with Crippen molar-refractivity contribution >= 4 is 0 Å². The molecule has 0 spiro atoms. The van der Waals surface area contributed by atoms with E-state index in [0.717, 1.165) is 0 Å². The maximum atomic E-state index is 6.39. The van der Waals surface area contributed by atoms with Gasteiger partial charge >= 0.3 is 0 Å². The number of allylic oxidation sites excluding steroid dienone is 1. The zero-order valence-electron chi connectivity index (χ0n) is 3.21. The summed E-state index contributed by atoms with van der Waals surface area (Å²) in [5.74, 6) is 0. The van der Waals surface area contributed by atoms with Crippen LogP contribution in [-0.2, 0) is 0 Å². The Morgan fingerprint density at radius 3 is 1.80 bits per heavy atom. The Hall–Kier alpha value is -0.260. The molecule has 0 aliphatic carbocycles. The normalized spacial score (nSPS) is 5.20. The summed E-state index contributed by atoms with van der Waals surface area (Å²) < 4.78 is 0. The topological polar surface area (TPSA) is 0 Å².